The number of hydrogen-bond donors (Lipinski definition) is 2. The second kappa shape index (κ2) is 6.37. The van der Waals surface area contributed by atoms with Crippen LogP contribution in [0.1, 0.15) is 0 Å². The van der Waals surface area contributed by atoms with Crippen LogP contribution in [0.15, 0.2) is 59.5 Å². The van der Waals surface area contributed by atoms with Gasteiger partial charge in [-0.2, -0.15) is 0 Å². The number of nitrogens with one attached hydrogen (secondary N) is 2. The monoisotopic (exact) mass is 350 g/mol. The molecule has 2 aromatic carbocycles. The highest BCUT2D eigenvalue weighted by atomic mass is 32.1. The number of ether oxygens (including phenoxy) is 1. The van der Waals surface area contributed by atoms with Gasteiger partial charge in [-0.1, -0.05) is 11.3 Å². The molecule has 124 valence electrons. The second-order valence-electron chi connectivity index (χ2n) is 5.34. The molecule has 0 spiro atoms. The lowest BCUT2D eigenvalue weighted by Gasteiger charge is -2.07. The number of nitrogens with zero attached hydrogens (tertiary/aromatic N) is 2. The first-order valence-corrected chi connectivity index (χ1v) is 8.40. The smallest absolute Gasteiger partial charge is 0.305 e. The predicted octanol–water partition coefficient (Wildman–Crippen LogP) is 3.80. The highest BCUT2D eigenvalue weighted by molar-refractivity contribution is 7.16. The fraction of sp³-hybridized carbons (Fsp3) is 0.0556. The van der Waals surface area contributed by atoms with Gasteiger partial charge < -0.3 is 15.0 Å². The van der Waals surface area contributed by atoms with Gasteiger partial charge >= 0.3 is 4.87 Å². The van der Waals surface area contributed by atoms with E-state index in [1.807, 2.05) is 42.5 Å². The van der Waals surface area contributed by atoms with E-state index in [4.69, 9.17) is 4.74 Å². The number of thiazole rings is 1. The van der Waals surface area contributed by atoms with Gasteiger partial charge in [0.15, 0.2) is 5.82 Å². The molecular weight excluding hydrogens is 336 g/mol. The number of benzene rings is 2. The van der Waals surface area contributed by atoms with E-state index < -0.39 is 0 Å². The van der Waals surface area contributed by atoms with Crippen molar-refractivity contribution in [2.75, 3.05) is 12.4 Å². The fourth-order valence-electron chi connectivity index (χ4n) is 2.49. The van der Waals surface area contributed by atoms with E-state index in [1.54, 1.807) is 19.4 Å². The lowest BCUT2D eigenvalue weighted by atomic mass is 10.2. The van der Waals surface area contributed by atoms with Gasteiger partial charge in [-0.3, -0.25) is 4.79 Å². The van der Waals surface area contributed by atoms with E-state index in [9.17, 15) is 4.79 Å². The standard InChI is InChI=1S/C18H14N4O2S/c1-24-13-5-2-11(3-6-13)17-19-9-8-16(22-17)20-12-4-7-15-14(10-12)21-18(23)25-15/h2-10H,1H3,(H,21,23)(H,19,20,22). The van der Waals surface area contributed by atoms with Crippen molar-refractivity contribution < 1.29 is 4.74 Å². The third-order valence-corrected chi connectivity index (χ3v) is 4.56. The summed E-state index contributed by atoms with van der Waals surface area (Å²) in [6, 6.07) is 15.1. The quantitative estimate of drug-likeness (QED) is 0.585. The minimum Gasteiger partial charge on any atom is -0.497 e. The summed E-state index contributed by atoms with van der Waals surface area (Å²) in [5, 5.41) is 3.24. The molecule has 0 bridgehead atoms. The Morgan fingerprint density at radius 1 is 1.12 bits per heavy atom. The molecule has 6 nitrogen and oxygen atoms in total. The van der Waals surface area contributed by atoms with E-state index in [0.29, 0.717) is 11.6 Å². The zero-order chi connectivity index (χ0) is 17.2. The molecule has 0 unspecified atom stereocenters. The summed E-state index contributed by atoms with van der Waals surface area (Å²) in [6.07, 6.45) is 1.71. The van der Waals surface area contributed by atoms with Crippen molar-refractivity contribution >= 4 is 33.1 Å². The summed E-state index contributed by atoms with van der Waals surface area (Å²) in [6.45, 7) is 0. The van der Waals surface area contributed by atoms with Gasteiger partial charge in [0, 0.05) is 17.4 Å². The van der Waals surface area contributed by atoms with Crippen LogP contribution >= 0.6 is 11.3 Å². The Bertz CT molecular complexity index is 1090. The van der Waals surface area contributed by atoms with Gasteiger partial charge in [-0.25, -0.2) is 9.97 Å². The Morgan fingerprint density at radius 2 is 1.96 bits per heavy atom. The molecule has 2 heterocycles. The van der Waals surface area contributed by atoms with Gasteiger partial charge in [-0.05, 0) is 48.5 Å². The zero-order valence-corrected chi connectivity index (χ0v) is 14.1. The summed E-state index contributed by atoms with van der Waals surface area (Å²) < 4.78 is 6.10. The maximum atomic E-state index is 11.4. The number of rotatable bonds is 4. The van der Waals surface area contributed by atoms with E-state index in [1.165, 1.54) is 11.3 Å². The minimum absolute atomic E-state index is 0.0593. The normalized spacial score (nSPS) is 10.8. The molecule has 0 fully saturated rings. The van der Waals surface area contributed by atoms with Crippen molar-refractivity contribution in [2.24, 2.45) is 0 Å². The molecule has 4 aromatic rings. The molecule has 0 atom stereocenters. The highest BCUT2D eigenvalue weighted by Crippen LogP contribution is 2.23. The molecule has 25 heavy (non-hydrogen) atoms. The molecule has 0 aliphatic carbocycles. The fourth-order valence-corrected chi connectivity index (χ4v) is 3.20. The Kier molecular flexibility index (Phi) is 3.91. The van der Waals surface area contributed by atoms with Gasteiger partial charge in [-0.15, -0.1) is 0 Å². The molecule has 7 heteroatoms. The molecule has 2 N–H and O–H groups in total. The summed E-state index contributed by atoms with van der Waals surface area (Å²) >= 11 is 1.20. The molecule has 0 aliphatic rings. The van der Waals surface area contributed by atoms with Gasteiger partial charge in [0.05, 0.1) is 17.3 Å². The molecule has 4 rings (SSSR count). The van der Waals surface area contributed by atoms with Gasteiger partial charge in [0.25, 0.3) is 0 Å². The largest absolute Gasteiger partial charge is 0.497 e. The van der Waals surface area contributed by atoms with Crippen molar-refractivity contribution in [3.63, 3.8) is 0 Å². The number of aromatic amines is 1. The lowest BCUT2D eigenvalue weighted by Crippen LogP contribution is -1.97. The van der Waals surface area contributed by atoms with Gasteiger partial charge in [0.2, 0.25) is 0 Å². The second-order valence-corrected chi connectivity index (χ2v) is 6.36. The van der Waals surface area contributed by atoms with Crippen molar-refractivity contribution in [1.29, 1.82) is 0 Å². The van der Waals surface area contributed by atoms with Crippen LogP contribution in [0.3, 0.4) is 0 Å². The predicted molar refractivity (Wildman–Crippen MR) is 99.7 cm³/mol. The molecule has 2 aromatic heterocycles. The minimum atomic E-state index is -0.0593. The Hall–Kier alpha value is -3.19. The van der Waals surface area contributed by atoms with E-state index in [2.05, 4.69) is 20.3 Å². The first-order chi connectivity index (χ1) is 12.2. The van der Waals surface area contributed by atoms with Crippen LogP contribution in [0.5, 0.6) is 5.75 Å². The van der Waals surface area contributed by atoms with E-state index >= 15 is 0 Å². The molecule has 0 aliphatic heterocycles. The molecule has 0 saturated carbocycles. The number of hydrogen-bond acceptors (Lipinski definition) is 6. The van der Waals surface area contributed by atoms with Crippen molar-refractivity contribution in [3.05, 3.63) is 64.4 Å². The van der Waals surface area contributed by atoms with Crippen molar-refractivity contribution in [1.82, 2.24) is 15.0 Å². The van der Waals surface area contributed by atoms with Crippen LogP contribution in [-0.4, -0.2) is 22.1 Å². The van der Waals surface area contributed by atoms with Crippen LogP contribution < -0.4 is 14.9 Å². The third-order valence-electron chi connectivity index (χ3n) is 3.70. The van der Waals surface area contributed by atoms with E-state index in [-0.39, 0.29) is 4.87 Å². The topological polar surface area (TPSA) is 79.9 Å². The Labute approximate surface area is 147 Å². The molecular formula is C18H14N4O2S. The summed E-state index contributed by atoms with van der Waals surface area (Å²) in [5.74, 6) is 2.09. The van der Waals surface area contributed by atoms with E-state index in [0.717, 1.165) is 27.2 Å². The highest BCUT2D eigenvalue weighted by Gasteiger charge is 2.05. The van der Waals surface area contributed by atoms with Crippen LogP contribution in [0.25, 0.3) is 21.6 Å². The molecule has 0 radical (unpaired) electrons. The Morgan fingerprint density at radius 3 is 2.76 bits per heavy atom. The first kappa shape index (κ1) is 15.3. The number of anilines is 2. The summed E-state index contributed by atoms with van der Waals surface area (Å²) in [4.78, 5) is 23.0. The molecule has 0 amide bonds. The van der Waals surface area contributed by atoms with Crippen molar-refractivity contribution in [3.8, 4) is 17.1 Å². The summed E-state index contributed by atoms with van der Waals surface area (Å²) in [5.41, 5.74) is 2.56. The third kappa shape index (κ3) is 3.22. The van der Waals surface area contributed by atoms with Crippen molar-refractivity contribution in [2.45, 2.75) is 0 Å². The van der Waals surface area contributed by atoms with Crippen LogP contribution in [-0.2, 0) is 0 Å². The number of fused-ring (bicyclic) bond motifs is 1. The maximum absolute atomic E-state index is 11.4. The number of aromatic nitrogens is 3. The zero-order valence-electron chi connectivity index (χ0n) is 13.3. The lowest BCUT2D eigenvalue weighted by molar-refractivity contribution is 0.415. The average molecular weight is 350 g/mol. The number of methoxy groups -OCH3 is 1. The summed E-state index contributed by atoms with van der Waals surface area (Å²) in [7, 11) is 1.63. The van der Waals surface area contributed by atoms with Crippen LogP contribution in [0.2, 0.25) is 0 Å². The van der Waals surface area contributed by atoms with Crippen LogP contribution in [0, 0.1) is 0 Å². The SMILES string of the molecule is COc1ccc(-c2nccc(Nc3ccc4sc(=O)[nH]c4c3)n2)cc1. The van der Waals surface area contributed by atoms with Gasteiger partial charge in [0.1, 0.15) is 11.6 Å². The van der Waals surface area contributed by atoms with Crippen LogP contribution in [0.4, 0.5) is 11.5 Å². The molecule has 0 saturated heterocycles. The maximum Gasteiger partial charge on any atom is 0.305 e. The Balaban J connectivity index is 1.62. The number of H-pyrrole nitrogens is 1. The first-order valence-electron chi connectivity index (χ1n) is 7.59. The average Bonchev–Trinajstić information content (AvgIpc) is 3.01.